The summed E-state index contributed by atoms with van der Waals surface area (Å²) in [6.45, 7) is 8.16. The van der Waals surface area contributed by atoms with E-state index in [1.54, 1.807) is 0 Å². The predicted molar refractivity (Wildman–Crippen MR) is 91.4 cm³/mol. The maximum atomic E-state index is 5.53. The van der Waals surface area contributed by atoms with Gasteiger partial charge in [0.25, 0.3) is 0 Å². The molecule has 0 fully saturated rings. The van der Waals surface area contributed by atoms with E-state index in [0.717, 1.165) is 25.1 Å². The zero-order valence-corrected chi connectivity index (χ0v) is 14.0. The summed E-state index contributed by atoms with van der Waals surface area (Å²) >= 11 is 1.91. The van der Waals surface area contributed by atoms with Crippen molar-refractivity contribution in [3.8, 4) is 5.75 Å². The van der Waals surface area contributed by atoms with E-state index in [0.29, 0.717) is 6.61 Å². The molecular weight excluding hydrogens is 278 g/mol. The molecule has 2 nitrogen and oxygen atoms in total. The van der Waals surface area contributed by atoms with E-state index in [2.05, 4.69) is 55.6 Å². The minimum atomic E-state index is 0.283. The van der Waals surface area contributed by atoms with Gasteiger partial charge in [0.2, 0.25) is 0 Å². The van der Waals surface area contributed by atoms with E-state index in [9.17, 15) is 0 Å². The van der Waals surface area contributed by atoms with Gasteiger partial charge < -0.3 is 10.1 Å². The second kappa shape index (κ2) is 8.20. The summed E-state index contributed by atoms with van der Waals surface area (Å²) in [6, 6.07) is 13.3. The van der Waals surface area contributed by atoms with Crippen LogP contribution < -0.4 is 10.1 Å². The van der Waals surface area contributed by atoms with Crippen LogP contribution in [0, 0.1) is 0 Å². The Hall–Kier alpha value is -1.32. The second-order valence-electron chi connectivity index (χ2n) is 5.05. The first-order valence-corrected chi connectivity index (χ1v) is 8.64. The molecule has 2 rings (SSSR count). The normalized spacial score (nSPS) is 12.3. The van der Waals surface area contributed by atoms with Crippen LogP contribution in [0.5, 0.6) is 5.75 Å². The highest BCUT2D eigenvalue weighted by Crippen LogP contribution is 2.30. The summed E-state index contributed by atoms with van der Waals surface area (Å²) in [5.41, 5.74) is 1.30. The van der Waals surface area contributed by atoms with Crippen molar-refractivity contribution >= 4 is 11.3 Å². The first-order valence-electron chi connectivity index (χ1n) is 7.83. The van der Waals surface area contributed by atoms with Crippen molar-refractivity contribution in [2.45, 2.75) is 39.7 Å². The van der Waals surface area contributed by atoms with E-state index in [-0.39, 0.29) is 6.04 Å². The third kappa shape index (κ3) is 4.32. The average molecular weight is 303 g/mol. The van der Waals surface area contributed by atoms with Gasteiger partial charge in [-0.05, 0) is 56.1 Å². The van der Waals surface area contributed by atoms with Crippen molar-refractivity contribution in [1.29, 1.82) is 0 Å². The van der Waals surface area contributed by atoms with Gasteiger partial charge in [0.1, 0.15) is 5.75 Å². The molecule has 3 heteroatoms. The molecule has 1 N–H and O–H groups in total. The molecule has 0 bridgehead atoms. The van der Waals surface area contributed by atoms with Gasteiger partial charge in [-0.25, -0.2) is 0 Å². The van der Waals surface area contributed by atoms with Gasteiger partial charge >= 0.3 is 0 Å². The Morgan fingerprint density at radius 2 is 1.81 bits per heavy atom. The van der Waals surface area contributed by atoms with E-state index in [4.69, 9.17) is 4.74 Å². The third-order valence-corrected chi connectivity index (χ3v) is 4.73. The Labute approximate surface area is 132 Å². The quantitative estimate of drug-likeness (QED) is 0.756. The predicted octanol–water partition coefficient (Wildman–Crippen LogP) is 4.80. The van der Waals surface area contributed by atoms with Crippen molar-refractivity contribution in [3.63, 3.8) is 0 Å². The minimum Gasteiger partial charge on any atom is -0.494 e. The molecule has 0 saturated carbocycles. The third-order valence-electron chi connectivity index (χ3n) is 3.44. The van der Waals surface area contributed by atoms with E-state index >= 15 is 0 Å². The van der Waals surface area contributed by atoms with Gasteiger partial charge in [-0.1, -0.05) is 26.0 Å². The van der Waals surface area contributed by atoms with Crippen molar-refractivity contribution in [3.05, 3.63) is 51.7 Å². The first kappa shape index (κ1) is 16.1. The van der Waals surface area contributed by atoms with Gasteiger partial charge in [-0.2, -0.15) is 0 Å². The number of benzene rings is 1. The zero-order chi connectivity index (χ0) is 15.1. The summed E-state index contributed by atoms with van der Waals surface area (Å²) in [5.74, 6) is 0.941. The number of ether oxygens (including phenoxy) is 1. The Morgan fingerprint density at radius 1 is 1.05 bits per heavy atom. The minimum absolute atomic E-state index is 0.283. The standard InChI is InChI=1S/C18H25NOS/c1-4-13-19-18(17-12-11-16(5-2)21-17)14-7-9-15(10-8-14)20-6-3/h7-12,18-19H,4-6,13H2,1-3H3. The Balaban J connectivity index is 2.21. The number of aryl methyl sites for hydroxylation is 1. The van der Waals surface area contributed by atoms with Gasteiger partial charge in [0.15, 0.2) is 0 Å². The maximum absolute atomic E-state index is 5.53. The molecule has 0 aliphatic heterocycles. The van der Waals surface area contributed by atoms with E-state index < -0.39 is 0 Å². The summed E-state index contributed by atoms with van der Waals surface area (Å²) in [7, 11) is 0. The number of rotatable bonds is 8. The van der Waals surface area contributed by atoms with Crippen LogP contribution in [0.15, 0.2) is 36.4 Å². The summed E-state index contributed by atoms with van der Waals surface area (Å²) in [6.07, 6.45) is 2.24. The van der Waals surface area contributed by atoms with Crippen LogP contribution in [0.1, 0.15) is 48.6 Å². The summed E-state index contributed by atoms with van der Waals surface area (Å²) in [5, 5.41) is 3.66. The first-order chi connectivity index (χ1) is 10.3. The number of thiophene rings is 1. The Morgan fingerprint density at radius 3 is 2.38 bits per heavy atom. The topological polar surface area (TPSA) is 21.3 Å². The van der Waals surface area contributed by atoms with Crippen LogP contribution in [0.4, 0.5) is 0 Å². The fourth-order valence-corrected chi connectivity index (χ4v) is 3.39. The monoisotopic (exact) mass is 303 g/mol. The van der Waals surface area contributed by atoms with E-state index in [1.165, 1.54) is 15.3 Å². The van der Waals surface area contributed by atoms with Crippen molar-refractivity contribution in [2.75, 3.05) is 13.2 Å². The van der Waals surface area contributed by atoms with Crippen molar-refractivity contribution < 1.29 is 4.74 Å². The maximum Gasteiger partial charge on any atom is 0.119 e. The lowest BCUT2D eigenvalue weighted by atomic mass is 10.0. The number of hydrogen-bond donors (Lipinski definition) is 1. The molecule has 1 heterocycles. The van der Waals surface area contributed by atoms with Gasteiger partial charge in [-0.3, -0.25) is 0 Å². The number of nitrogens with one attached hydrogen (secondary N) is 1. The summed E-state index contributed by atoms with van der Waals surface area (Å²) in [4.78, 5) is 2.84. The Kier molecular flexibility index (Phi) is 6.27. The lowest BCUT2D eigenvalue weighted by molar-refractivity contribution is 0.340. The van der Waals surface area contributed by atoms with Gasteiger partial charge in [0, 0.05) is 9.75 Å². The largest absolute Gasteiger partial charge is 0.494 e. The molecule has 114 valence electrons. The summed E-state index contributed by atoms with van der Waals surface area (Å²) < 4.78 is 5.53. The molecule has 1 aromatic carbocycles. The van der Waals surface area contributed by atoms with Crippen LogP contribution in [-0.4, -0.2) is 13.2 Å². The molecule has 0 radical (unpaired) electrons. The SMILES string of the molecule is CCCNC(c1ccc(OCC)cc1)c1ccc(CC)s1. The fourth-order valence-electron chi connectivity index (χ4n) is 2.33. The molecule has 0 aliphatic carbocycles. The highest BCUT2D eigenvalue weighted by Gasteiger charge is 2.15. The zero-order valence-electron chi connectivity index (χ0n) is 13.2. The van der Waals surface area contributed by atoms with Crippen LogP contribution in [-0.2, 0) is 6.42 Å². The smallest absolute Gasteiger partial charge is 0.119 e. The van der Waals surface area contributed by atoms with Crippen molar-refractivity contribution in [1.82, 2.24) is 5.32 Å². The van der Waals surface area contributed by atoms with Gasteiger partial charge in [-0.15, -0.1) is 11.3 Å². The highest BCUT2D eigenvalue weighted by molar-refractivity contribution is 7.12. The molecular formula is C18H25NOS. The second-order valence-corrected chi connectivity index (χ2v) is 6.25. The molecule has 2 aromatic rings. The molecule has 1 atom stereocenters. The highest BCUT2D eigenvalue weighted by atomic mass is 32.1. The molecule has 1 aromatic heterocycles. The average Bonchev–Trinajstić information content (AvgIpc) is 2.98. The number of hydrogen-bond acceptors (Lipinski definition) is 3. The fraction of sp³-hybridized carbons (Fsp3) is 0.444. The lowest BCUT2D eigenvalue weighted by Gasteiger charge is -2.18. The Bertz CT molecular complexity index is 532. The van der Waals surface area contributed by atoms with Crippen LogP contribution in [0.3, 0.4) is 0 Å². The molecule has 0 saturated heterocycles. The van der Waals surface area contributed by atoms with Crippen LogP contribution in [0.25, 0.3) is 0 Å². The molecule has 0 amide bonds. The van der Waals surface area contributed by atoms with E-state index in [1.807, 2.05) is 18.3 Å². The molecule has 0 spiro atoms. The van der Waals surface area contributed by atoms with Crippen LogP contribution in [0.2, 0.25) is 0 Å². The van der Waals surface area contributed by atoms with Crippen molar-refractivity contribution in [2.24, 2.45) is 0 Å². The van der Waals surface area contributed by atoms with Gasteiger partial charge in [0.05, 0.1) is 12.6 Å². The van der Waals surface area contributed by atoms with Crippen LogP contribution >= 0.6 is 11.3 Å². The molecule has 1 unspecified atom stereocenters. The molecule has 21 heavy (non-hydrogen) atoms. The molecule has 0 aliphatic rings. The lowest BCUT2D eigenvalue weighted by Crippen LogP contribution is -2.22.